The summed E-state index contributed by atoms with van der Waals surface area (Å²) in [5.41, 5.74) is 3.56. The van der Waals surface area contributed by atoms with Crippen molar-refractivity contribution in [3.05, 3.63) is 34.8 Å². The zero-order chi connectivity index (χ0) is 15.8. The van der Waals surface area contributed by atoms with E-state index >= 15 is 0 Å². The molecule has 3 heterocycles. The van der Waals surface area contributed by atoms with Crippen LogP contribution in [0.5, 0.6) is 0 Å². The number of hydrogen-bond acceptors (Lipinski definition) is 5. The number of rotatable bonds is 4. The van der Waals surface area contributed by atoms with Crippen LogP contribution in [0.15, 0.2) is 24.3 Å². The third kappa shape index (κ3) is 3.01. The lowest BCUT2D eigenvalue weighted by Crippen LogP contribution is -2.36. The molecule has 0 saturated heterocycles. The normalized spacial score (nSPS) is 16.8. The number of thiazole rings is 1. The van der Waals surface area contributed by atoms with Gasteiger partial charge in [-0.3, -0.25) is 9.20 Å². The van der Waals surface area contributed by atoms with E-state index in [9.17, 15) is 4.79 Å². The molecule has 0 aliphatic carbocycles. The number of fused-ring (bicyclic) bond motifs is 5. The van der Waals surface area contributed by atoms with Crippen molar-refractivity contribution in [2.24, 2.45) is 0 Å². The molecule has 0 spiro atoms. The third-order valence-electron chi connectivity index (χ3n) is 4.33. The van der Waals surface area contributed by atoms with Gasteiger partial charge in [0.05, 0.1) is 17.6 Å². The van der Waals surface area contributed by atoms with Gasteiger partial charge in [-0.15, -0.1) is 12.4 Å². The molecule has 1 aliphatic heterocycles. The SMILES string of the molecule is CCOC(=O)CCC1Cc2c(sc3nc4ccccc4n23)CN1.Cl. The number of nitrogens with zero attached hydrogens (tertiary/aromatic N) is 2. The van der Waals surface area contributed by atoms with Gasteiger partial charge in [-0.1, -0.05) is 23.5 Å². The second kappa shape index (κ2) is 7.09. The highest BCUT2D eigenvalue weighted by atomic mass is 35.5. The van der Waals surface area contributed by atoms with E-state index in [-0.39, 0.29) is 18.4 Å². The van der Waals surface area contributed by atoms with Crippen molar-refractivity contribution in [2.45, 2.75) is 38.8 Å². The van der Waals surface area contributed by atoms with Crippen LogP contribution < -0.4 is 5.32 Å². The third-order valence-corrected chi connectivity index (χ3v) is 5.41. The minimum absolute atomic E-state index is 0. The molecular formula is C17H20ClN3O2S. The molecular weight excluding hydrogens is 346 g/mol. The predicted octanol–water partition coefficient (Wildman–Crippen LogP) is 3.33. The maximum Gasteiger partial charge on any atom is 0.305 e. The zero-order valence-corrected chi connectivity index (χ0v) is 15.1. The molecule has 1 aromatic carbocycles. The number of para-hydroxylation sites is 2. The fourth-order valence-electron chi connectivity index (χ4n) is 3.24. The van der Waals surface area contributed by atoms with Crippen LogP contribution in [0.2, 0.25) is 0 Å². The van der Waals surface area contributed by atoms with Gasteiger partial charge in [-0.2, -0.15) is 0 Å². The Kier molecular flexibility index (Phi) is 5.08. The number of halogens is 1. The number of benzene rings is 1. The van der Waals surface area contributed by atoms with E-state index in [1.807, 2.05) is 13.0 Å². The van der Waals surface area contributed by atoms with E-state index in [1.165, 1.54) is 16.1 Å². The molecule has 3 aromatic rings. The highest BCUT2D eigenvalue weighted by molar-refractivity contribution is 7.17. The van der Waals surface area contributed by atoms with Gasteiger partial charge in [0.25, 0.3) is 0 Å². The van der Waals surface area contributed by atoms with E-state index in [4.69, 9.17) is 9.72 Å². The maximum atomic E-state index is 11.6. The standard InChI is InChI=1S/C17H19N3O2S.ClH/c1-2-22-16(21)8-7-11-9-14-15(10-18-11)23-17-19-12-5-3-4-6-13(12)20(14)17;/h3-6,11,18H,2,7-10H2,1H3;1H. The van der Waals surface area contributed by atoms with Crippen molar-refractivity contribution in [3.8, 4) is 0 Å². The molecule has 5 nitrogen and oxygen atoms in total. The van der Waals surface area contributed by atoms with E-state index in [0.29, 0.717) is 19.1 Å². The summed E-state index contributed by atoms with van der Waals surface area (Å²) >= 11 is 1.76. The first-order chi connectivity index (χ1) is 11.3. The summed E-state index contributed by atoms with van der Waals surface area (Å²) in [6.45, 7) is 3.15. The number of ether oxygens (including phenoxy) is 1. The number of esters is 1. The first-order valence-electron chi connectivity index (χ1n) is 8.03. The number of hydrogen-bond donors (Lipinski definition) is 1. The fourth-order valence-corrected chi connectivity index (χ4v) is 4.35. The van der Waals surface area contributed by atoms with E-state index in [1.54, 1.807) is 11.3 Å². The Bertz CT molecular complexity index is 873. The van der Waals surface area contributed by atoms with Gasteiger partial charge < -0.3 is 10.1 Å². The number of imidazole rings is 1. The van der Waals surface area contributed by atoms with Gasteiger partial charge in [0.2, 0.25) is 0 Å². The lowest BCUT2D eigenvalue weighted by molar-refractivity contribution is -0.143. The largest absolute Gasteiger partial charge is 0.466 e. The van der Waals surface area contributed by atoms with Crippen molar-refractivity contribution in [1.29, 1.82) is 0 Å². The van der Waals surface area contributed by atoms with Crippen LogP contribution in [0.25, 0.3) is 16.0 Å². The average Bonchev–Trinajstić information content (AvgIpc) is 3.08. The lowest BCUT2D eigenvalue weighted by atomic mass is 10.0. The molecule has 0 fully saturated rings. The van der Waals surface area contributed by atoms with Crippen molar-refractivity contribution in [1.82, 2.24) is 14.7 Å². The highest BCUT2D eigenvalue weighted by Crippen LogP contribution is 2.31. The lowest BCUT2D eigenvalue weighted by Gasteiger charge is -2.23. The van der Waals surface area contributed by atoms with Crippen LogP contribution in [-0.2, 0) is 22.5 Å². The second-order valence-electron chi connectivity index (χ2n) is 5.82. The number of carbonyl (C=O) groups excluding carboxylic acids is 1. The Morgan fingerprint density at radius 3 is 3.12 bits per heavy atom. The smallest absolute Gasteiger partial charge is 0.305 e. The number of nitrogens with one attached hydrogen (secondary N) is 1. The molecule has 1 atom stereocenters. The van der Waals surface area contributed by atoms with Crippen LogP contribution in [0, 0.1) is 0 Å². The average molecular weight is 366 g/mol. The quantitative estimate of drug-likeness (QED) is 0.720. The summed E-state index contributed by atoms with van der Waals surface area (Å²) in [7, 11) is 0. The van der Waals surface area contributed by atoms with Crippen LogP contribution >= 0.6 is 23.7 Å². The Labute approximate surface area is 150 Å². The molecule has 7 heteroatoms. The van der Waals surface area contributed by atoms with E-state index in [0.717, 1.165) is 29.9 Å². The number of carbonyl (C=O) groups is 1. The van der Waals surface area contributed by atoms with E-state index < -0.39 is 0 Å². The first kappa shape index (κ1) is 17.2. The molecule has 1 aliphatic rings. The molecule has 128 valence electrons. The minimum Gasteiger partial charge on any atom is -0.466 e. The van der Waals surface area contributed by atoms with Gasteiger partial charge in [-0.25, -0.2) is 4.98 Å². The highest BCUT2D eigenvalue weighted by Gasteiger charge is 2.24. The van der Waals surface area contributed by atoms with Crippen LogP contribution in [0.4, 0.5) is 0 Å². The molecule has 1 unspecified atom stereocenters. The molecule has 0 radical (unpaired) electrons. The maximum absolute atomic E-state index is 11.6. The van der Waals surface area contributed by atoms with E-state index in [2.05, 4.69) is 27.9 Å². The molecule has 0 bridgehead atoms. The summed E-state index contributed by atoms with van der Waals surface area (Å²) in [5.74, 6) is -0.108. The predicted molar refractivity (Wildman–Crippen MR) is 98.0 cm³/mol. The Morgan fingerprint density at radius 2 is 2.29 bits per heavy atom. The Hall–Kier alpha value is -1.63. The molecule has 0 amide bonds. The van der Waals surface area contributed by atoms with Gasteiger partial charge in [0.15, 0.2) is 4.96 Å². The molecule has 1 N–H and O–H groups in total. The van der Waals surface area contributed by atoms with Gasteiger partial charge in [-0.05, 0) is 25.5 Å². The van der Waals surface area contributed by atoms with Crippen molar-refractivity contribution in [3.63, 3.8) is 0 Å². The molecule has 4 rings (SSSR count). The summed E-state index contributed by atoms with van der Waals surface area (Å²) in [6, 6.07) is 8.57. The topological polar surface area (TPSA) is 55.6 Å². The van der Waals surface area contributed by atoms with Crippen LogP contribution in [0.1, 0.15) is 30.3 Å². The minimum atomic E-state index is -0.108. The molecule has 0 saturated carbocycles. The summed E-state index contributed by atoms with van der Waals surface area (Å²) in [6.07, 6.45) is 2.20. The van der Waals surface area contributed by atoms with Gasteiger partial charge in [0.1, 0.15) is 0 Å². The van der Waals surface area contributed by atoms with Crippen LogP contribution in [0.3, 0.4) is 0 Å². The van der Waals surface area contributed by atoms with Gasteiger partial charge >= 0.3 is 5.97 Å². The van der Waals surface area contributed by atoms with Crippen molar-refractivity contribution >= 4 is 45.7 Å². The summed E-state index contributed by atoms with van der Waals surface area (Å²) in [5, 5.41) is 3.53. The van der Waals surface area contributed by atoms with Gasteiger partial charge in [0, 0.05) is 36.0 Å². The molecule has 2 aromatic heterocycles. The zero-order valence-electron chi connectivity index (χ0n) is 13.4. The monoisotopic (exact) mass is 365 g/mol. The van der Waals surface area contributed by atoms with Crippen molar-refractivity contribution < 1.29 is 9.53 Å². The molecule has 24 heavy (non-hydrogen) atoms. The van der Waals surface area contributed by atoms with Crippen LogP contribution in [-0.4, -0.2) is 28.0 Å². The first-order valence-corrected chi connectivity index (χ1v) is 8.84. The van der Waals surface area contributed by atoms with Crippen molar-refractivity contribution in [2.75, 3.05) is 6.61 Å². The Morgan fingerprint density at radius 1 is 1.46 bits per heavy atom. The Balaban J connectivity index is 0.00000169. The number of aromatic nitrogens is 2. The summed E-state index contributed by atoms with van der Waals surface area (Å²) in [4.78, 5) is 18.7. The fraction of sp³-hybridized carbons (Fsp3) is 0.412. The summed E-state index contributed by atoms with van der Waals surface area (Å²) < 4.78 is 7.31. The second-order valence-corrected chi connectivity index (χ2v) is 6.88.